The molecule has 0 spiro atoms. The molecule has 0 aliphatic rings. The fraction of sp³-hybridized carbons (Fsp3) is 0.353. The molecule has 0 radical (unpaired) electrons. The number of aryl methyl sites for hydroxylation is 1. The Labute approximate surface area is 160 Å². The minimum Gasteiger partial charge on any atom is -0.356 e. The van der Waals surface area contributed by atoms with Crippen LogP contribution < -0.4 is 5.32 Å². The first-order chi connectivity index (χ1) is 10.6. The summed E-state index contributed by atoms with van der Waals surface area (Å²) < 4.78 is 2.12. The van der Waals surface area contributed by atoms with Gasteiger partial charge in [0.15, 0.2) is 5.96 Å². The normalized spacial score (nSPS) is 11.0. The monoisotopic (exact) mass is 446 g/mol. The summed E-state index contributed by atoms with van der Waals surface area (Å²) in [4.78, 5) is 6.45. The molecule has 0 saturated heterocycles. The van der Waals surface area contributed by atoms with Crippen molar-refractivity contribution in [3.8, 4) is 0 Å². The third-order valence-corrected chi connectivity index (χ3v) is 4.03. The summed E-state index contributed by atoms with van der Waals surface area (Å²) in [5.74, 6) is 0.883. The number of rotatable bonds is 5. The molecule has 0 amide bonds. The van der Waals surface area contributed by atoms with Crippen molar-refractivity contribution in [1.29, 1.82) is 0 Å². The Morgan fingerprint density at radius 1 is 1.26 bits per heavy atom. The minimum absolute atomic E-state index is 0. The zero-order chi connectivity index (χ0) is 15.9. The third kappa shape index (κ3) is 5.73. The fourth-order valence-corrected chi connectivity index (χ4v) is 2.60. The summed E-state index contributed by atoms with van der Waals surface area (Å²) in [6.45, 7) is 1.61. The number of halogens is 2. The minimum atomic E-state index is 0. The van der Waals surface area contributed by atoms with E-state index in [1.54, 1.807) is 7.05 Å². The topological polar surface area (TPSA) is 32.6 Å². The van der Waals surface area contributed by atoms with Crippen molar-refractivity contribution in [3.05, 3.63) is 58.9 Å². The number of nitrogens with one attached hydrogen (secondary N) is 1. The van der Waals surface area contributed by atoms with Crippen LogP contribution in [0.15, 0.2) is 47.6 Å². The molecule has 0 aliphatic heterocycles. The average molecular weight is 447 g/mol. The lowest BCUT2D eigenvalue weighted by atomic mass is 10.1. The van der Waals surface area contributed by atoms with E-state index in [1.807, 2.05) is 25.2 Å². The van der Waals surface area contributed by atoms with Crippen LogP contribution in [-0.2, 0) is 20.0 Å². The van der Waals surface area contributed by atoms with E-state index in [1.165, 1.54) is 5.69 Å². The van der Waals surface area contributed by atoms with E-state index in [0.717, 1.165) is 36.1 Å². The van der Waals surface area contributed by atoms with Gasteiger partial charge >= 0.3 is 0 Å². The van der Waals surface area contributed by atoms with Gasteiger partial charge in [0, 0.05) is 44.6 Å². The highest BCUT2D eigenvalue weighted by atomic mass is 127. The second kappa shape index (κ2) is 9.82. The van der Waals surface area contributed by atoms with Gasteiger partial charge in [0.1, 0.15) is 0 Å². The summed E-state index contributed by atoms with van der Waals surface area (Å²) in [6.07, 6.45) is 2.92. The smallest absolute Gasteiger partial charge is 0.193 e. The Morgan fingerprint density at radius 2 is 2.00 bits per heavy atom. The van der Waals surface area contributed by atoms with Gasteiger partial charge in [0.05, 0.1) is 6.54 Å². The third-order valence-electron chi connectivity index (χ3n) is 3.66. The molecular weight excluding hydrogens is 423 g/mol. The van der Waals surface area contributed by atoms with Gasteiger partial charge in [-0.05, 0) is 30.2 Å². The fourth-order valence-electron chi connectivity index (χ4n) is 2.37. The second-order valence-electron chi connectivity index (χ2n) is 5.28. The Hall–Kier alpha value is -1.21. The quantitative estimate of drug-likeness (QED) is 0.433. The van der Waals surface area contributed by atoms with Crippen molar-refractivity contribution in [1.82, 2.24) is 14.8 Å². The first-order valence-corrected chi connectivity index (χ1v) is 7.75. The van der Waals surface area contributed by atoms with E-state index in [9.17, 15) is 0 Å². The molecule has 0 aliphatic carbocycles. The van der Waals surface area contributed by atoms with Crippen LogP contribution in [0.2, 0.25) is 5.02 Å². The van der Waals surface area contributed by atoms with Crippen molar-refractivity contribution in [2.24, 2.45) is 12.0 Å². The zero-order valence-electron chi connectivity index (χ0n) is 13.8. The van der Waals surface area contributed by atoms with Crippen LogP contribution in [0.5, 0.6) is 0 Å². The van der Waals surface area contributed by atoms with Gasteiger partial charge in [0.25, 0.3) is 0 Å². The number of hydrogen-bond acceptors (Lipinski definition) is 1. The van der Waals surface area contributed by atoms with Gasteiger partial charge in [-0.3, -0.25) is 4.99 Å². The SMILES string of the molecule is CN=C(NCCc1ccccc1Cl)N(C)Cc1cccn1C.I. The molecule has 23 heavy (non-hydrogen) atoms. The first-order valence-electron chi connectivity index (χ1n) is 7.37. The molecule has 0 atom stereocenters. The van der Waals surface area contributed by atoms with Crippen LogP contribution in [0.25, 0.3) is 0 Å². The van der Waals surface area contributed by atoms with E-state index in [0.29, 0.717) is 0 Å². The number of guanidine groups is 1. The summed E-state index contributed by atoms with van der Waals surface area (Å²) in [7, 11) is 5.90. The summed E-state index contributed by atoms with van der Waals surface area (Å²) in [5, 5.41) is 4.20. The van der Waals surface area contributed by atoms with Gasteiger partial charge in [-0.15, -0.1) is 24.0 Å². The maximum atomic E-state index is 6.18. The van der Waals surface area contributed by atoms with Crippen molar-refractivity contribution in [2.75, 3.05) is 20.6 Å². The zero-order valence-corrected chi connectivity index (χ0v) is 16.9. The van der Waals surface area contributed by atoms with E-state index in [2.05, 4.69) is 51.2 Å². The highest BCUT2D eigenvalue weighted by Crippen LogP contribution is 2.14. The molecule has 0 bridgehead atoms. The lowest BCUT2D eigenvalue weighted by molar-refractivity contribution is 0.462. The maximum absolute atomic E-state index is 6.18. The molecule has 1 aromatic heterocycles. The number of aliphatic imine (C=N–C) groups is 1. The van der Waals surface area contributed by atoms with E-state index in [-0.39, 0.29) is 24.0 Å². The molecule has 1 N–H and O–H groups in total. The molecule has 2 aromatic rings. The summed E-state index contributed by atoms with van der Waals surface area (Å²) >= 11 is 6.18. The van der Waals surface area contributed by atoms with Crippen LogP contribution in [-0.4, -0.2) is 36.1 Å². The largest absolute Gasteiger partial charge is 0.356 e. The number of benzene rings is 1. The number of hydrogen-bond donors (Lipinski definition) is 1. The summed E-state index contributed by atoms with van der Waals surface area (Å²) in [5.41, 5.74) is 2.40. The average Bonchev–Trinajstić information content (AvgIpc) is 2.90. The lowest BCUT2D eigenvalue weighted by Crippen LogP contribution is -2.39. The Bertz CT molecular complexity index is 639. The molecular formula is C17H24ClIN4. The van der Waals surface area contributed by atoms with Crippen molar-refractivity contribution in [3.63, 3.8) is 0 Å². The molecule has 6 heteroatoms. The lowest BCUT2D eigenvalue weighted by Gasteiger charge is -2.22. The molecule has 0 unspecified atom stereocenters. The summed E-state index contributed by atoms with van der Waals surface area (Å²) in [6, 6.07) is 12.1. The van der Waals surface area contributed by atoms with Gasteiger partial charge in [0.2, 0.25) is 0 Å². The standard InChI is InChI=1S/C17H23ClN4.HI/c1-19-17(22(3)13-15-8-6-12-21(15)2)20-11-10-14-7-4-5-9-16(14)18;/h4-9,12H,10-11,13H2,1-3H3,(H,19,20);1H. The van der Waals surface area contributed by atoms with Crippen LogP contribution in [0, 0.1) is 0 Å². The van der Waals surface area contributed by atoms with Gasteiger partial charge < -0.3 is 14.8 Å². The van der Waals surface area contributed by atoms with Crippen molar-refractivity contribution >= 4 is 41.5 Å². The Balaban J connectivity index is 0.00000264. The molecule has 4 nitrogen and oxygen atoms in total. The van der Waals surface area contributed by atoms with E-state index in [4.69, 9.17) is 11.6 Å². The molecule has 2 rings (SSSR count). The molecule has 1 aromatic carbocycles. The molecule has 1 heterocycles. The van der Waals surface area contributed by atoms with Crippen LogP contribution in [0.3, 0.4) is 0 Å². The molecule has 126 valence electrons. The van der Waals surface area contributed by atoms with E-state index >= 15 is 0 Å². The predicted octanol–water partition coefficient (Wildman–Crippen LogP) is 3.55. The van der Waals surface area contributed by atoms with Crippen LogP contribution in [0.4, 0.5) is 0 Å². The van der Waals surface area contributed by atoms with Gasteiger partial charge in [-0.2, -0.15) is 0 Å². The van der Waals surface area contributed by atoms with E-state index < -0.39 is 0 Å². The van der Waals surface area contributed by atoms with Crippen molar-refractivity contribution < 1.29 is 0 Å². The van der Waals surface area contributed by atoms with Crippen molar-refractivity contribution in [2.45, 2.75) is 13.0 Å². The maximum Gasteiger partial charge on any atom is 0.193 e. The second-order valence-corrected chi connectivity index (χ2v) is 5.69. The Kier molecular flexibility index (Phi) is 8.47. The first kappa shape index (κ1) is 19.8. The molecule has 0 saturated carbocycles. The highest BCUT2D eigenvalue weighted by Gasteiger charge is 2.08. The highest BCUT2D eigenvalue weighted by molar-refractivity contribution is 14.0. The van der Waals surface area contributed by atoms with Gasteiger partial charge in [-0.25, -0.2) is 0 Å². The number of nitrogens with zero attached hydrogens (tertiary/aromatic N) is 3. The Morgan fingerprint density at radius 3 is 2.61 bits per heavy atom. The van der Waals surface area contributed by atoms with Crippen LogP contribution in [0.1, 0.15) is 11.3 Å². The van der Waals surface area contributed by atoms with Gasteiger partial charge in [-0.1, -0.05) is 29.8 Å². The molecule has 0 fully saturated rings. The number of aromatic nitrogens is 1. The predicted molar refractivity (Wildman–Crippen MR) is 109 cm³/mol. The van der Waals surface area contributed by atoms with Crippen LogP contribution >= 0.6 is 35.6 Å².